The van der Waals surface area contributed by atoms with Gasteiger partial charge in [0.1, 0.15) is 11.6 Å². The van der Waals surface area contributed by atoms with Crippen LogP contribution in [0.3, 0.4) is 0 Å². The van der Waals surface area contributed by atoms with Crippen molar-refractivity contribution in [3.63, 3.8) is 0 Å². The zero-order valence-electron chi connectivity index (χ0n) is 12.7. The van der Waals surface area contributed by atoms with E-state index in [2.05, 4.69) is 9.97 Å². The third-order valence-corrected chi connectivity index (χ3v) is 4.00. The zero-order chi connectivity index (χ0) is 17.3. The minimum atomic E-state index is -1.14. The average Bonchev–Trinajstić information content (AvgIpc) is 2.88. The van der Waals surface area contributed by atoms with Crippen LogP contribution in [0, 0.1) is 12.7 Å². The number of rotatable bonds is 4. The number of aryl methyl sites for hydroxylation is 1. The number of imidazole rings is 1. The number of aromatic nitrogens is 3. The summed E-state index contributed by atoms with van der Waals surface area (Å²) >= 11 is 6.08. The van der Waals surface area contributed by atoms with E-state index in [-0.39, 0.29) is 22.8 Å². The topological polar surface area (TPSA) is 68.0 Å². The first-order valence-corrected chi connectivity index (χ1v) is 7.50. The van der Waals surface area contributed by atoms with Gasteiger partial charge in [-0.2, -0.15) is 0 Å². The van der Waals surface area contributed by atoms with Crippen LogP contribution in [0.5, 0.6) is 0 Å². The molecule has 1 aromatic carbocycles. The van der Waals surface area contributed by atoms with Crippen molar-refractivity contribution in [3.05, 3.63) is 70.5 Å². The molecule has 0 radical (unpaired) electrons. The van der Waals surface area contributed by atoms with Crippen LogP contribution in [0.1, 0.15) is 21.7 Å². The number of halogens is 2. The lowest BCUT2D eigenvalue weighted by Gasteiger charge is -2.12. The van der Waals surface area contributed by atoms with Crippen molar-refractivity contribution in [2.75, 3.05) is 0 Å². The molecule has 2 aromatic heterocycles. The minimum absolute atomic E-state index is 0.00632. The van der Waals surface area contributed by atoms with Gasteiger partial charge in [0.2, 0.25) is 0 Å². The molecule has 3 aromatic rings. The highest BCUT2D eigenvalue weighted by atomic mass is 35.5. The highest BCUT2D eigenvalue weighted by Crippen LogP contribution is 2.26. The van der Waals surface area contributed by atoms with Gasteiger partial charge in [-0.25, -0.2) is 14.2 Å². The summed E-state index contributed by atoms with van der Waals surface area (Å²) in [5.74, 6) is -1.23. The molecule has 0 spiro atoms. The fourth-order valence-corrected chi connectivity index (χ4v) is 2.78. The average molecular weight is 346 g/mol. The summed E-state index contributed by atoms with van der Waals surface area (Å²) in [5, 5.41) is 9.75. The summed E-state index contributed by atoms with van der Waals surface area (Å²) in [6, 6.07) is 7.84. The zero-order valence-corrected chi connectivity index (χ0v) is 13.5. The Morgan fingerprint density at radius 1 is 1.33 bits per heavy atom. The second-order valence-electron chi connectivity index (χ2n) is 5.20. The Labute approximate surface area is 142 Å². The lowest BCUT2D eigenvalue weighted by molar-refractivity contribution is 0.0685. The molecule has 0 unspecified atom stereocenters. The molecule has 0 saturated heterocycles. The summed E-state index contributed by atoms with van der Waals surface area (Å²) < 4.78 is 15.6. The van der Waals surface area contributed by atoms with E-state index in [1.54, 1.807) is 37.5 Å². The van der Waals surface area contributed by atoms with Gasteiger partial charge in [0.25, 0.3) is 0 Å². The number of aromatic carboxylic acids is 1. The normalized spacial score (nSPS) is 10.8. The van der Waals surface area contributed by atoms with Crippen molar-refractivity contribution in [1.82, 2.24) is 14.5 Å². The van der Waals surface area contributed by atoms with Gasteiger partial charge in [-0.15, -0.1) is 0 Å². The Morgan fingerprint density at radius 3 is 2.75 bits per heavy atom. The Balaban J connectivity index is 2.20. The second kappa shape index (κ2) is 6.41. The number of hydrogen-bond donors (Lipinski definition) is 1. The molecule has 0 amide bonds. The van der Waals surface area contributed by atoms with E-state index in [0.29, 0.717) is 17.1 Å². The van der Waals surface area contributed by atoms with Crippen molar-refractivity contribution in [2.24, 2.45) is 0 Å². The summed E-state index contributed by atoms with van der Waals surface area (Å²) in [5.41, 5.74) is 1.19. The summed E-state index contributed by atoms with van der Waals surface area (Å²) in [4.78, 5) is 20.0. The number of carboxylic acid groups (broad SMARTS) is 1. The molecule has 2 heterocycles. The number of hydrogen-bond acceptors (Lipinski definition) is 3. The molecule has 0 aliphatic rings. The molecule has 24 heavy (non-hydrogen) atoms. The first kappa shape index (κ1) is 16.1. The number of pyridine rings is 1. The van der Waals surface area contributed by atoms with Gasteiger partial charge in [0.05, 0.1) is 12.2 Å². The molecule has 0 aliphatic heterocycles. The molecule has 0 fully saturated rings. The standard InChI is InChI=1S/C17H13ClFN3O2/c1-10-15(17(23)24)22(9-12-13(18)5-2-6-14(12)19)16(21-10)11-4-3-7-20-8-11/h2-8H,9H2,1H3,(H,23,24). The predicted molar refractivity (Wildman–Crippen MR) is 87.7 cm³/mol. The van der Waals surface area contributed by atoms with Crippen molar-refractivity contribution in [2.45, 2.75) is 13.5 Å². The van der Waals surface area contributed by atoms with E-state index >= 15 is 0 Å². The van der Waals surface area contributed by atoms with E-state index in [1.807, 2.05) is 0 Å². The number of carbonyl (C=O) groups is 1. The van der Waals surface area contributed by atoms with E-state index in [4.69, 9.17) is 11.6 Å². The maximum absolute atomic E-state index is 14.1. The van der Waals surface area contributed by atoms with Gasteiger partial charge >= 0.3 is 5.97 Å². The summed E-state index contributed by atoms with van der Waals surface area (Å²) in [6.07, 6.45) is 3.18. The lowest BCUT2D eigenvalue weighted by Crippen LogP contribution is -2.13. The van der Waals surface area contributed by atoms with Crippen molar-refractivity contribution >= 4 is 17.6 Å². The third kappa shape index (κ3) is 2.88. The first-order valence-electron chi connectivity index (χ1n) is 7.12. The van der Waals surface area contributed by atoms with Crippen molar-refractivity contribution in [1.29, 1.82) is 0 Å². The van der Waals surface area contributed by atoms with Gasteiger partial charge in [-0.05, 0) is 31.2 Å². The molecule has 7 heteroatoms. The SMILES string of the molecule is Cc1nc(-c2cccnc2)n(Cc2c(F)cccc2Cl)c1C(=O)O. The van der Waals surface area contributed by atoms with Gasteiger partial charge in [0, 0.05) is 28.5 Å². The van der Waals surface area contributed by atoms with Crippen LogP contribution >= 0.6 is 11.6 Å². The van der Waals surface area contributed by atoms with Crippen LogP contribution in [0.4, 0.5) is 4.39 Å². The largest absolute Gasteiger partial charge is 0.477 e. The minimum Gasteiger partial charge on any atom is -0.477 e. The van der Waals surface area contributed by atoms with Crippen molar-refractivity contribution in [3.8, 4) is 11.4 Å². The monoisotopic (exact) mass is 345 g/mol. The van der Waals surface area contributed by atoms with Crippen molar-refractivity contribution < 1.29 is 14.3 Å². The molecule has 3 rings (SSSR count). The van der Waals surface area contributed by atoms with Crippen LogP contribution in [-0.4, -0.2) is 25.6 Å². The van der Waals surface area contributed by atoms with Crippen LogP contribution < -0.4 is 0 Å². The number of nitrogens with zero attached hydrogens (tertiary/aromatic N) is 3. The Kier molecular flexibility index (Phi) is 4.31. The predicted octanol–water partition coefficient (Wildman–Crippen LogP) is 3.79. The quantitative estimate of drug-likeness (QED) is 0.781. The second-order valence-corrected chi connectivity index (χ2v) is 5.61. The fraction of sp³-hybridized carbons (Fsp3) is 0.118. The molecular formula is C17H13ClFN3O2. The van der Waals surface area contributed by atoms with Crippen LogP contribution in [-0.2, 0) is 6.54 Å². The summed E-state index contributed by atoms with van der Waals surface area (Å²) in [6.45, 7) is 1.56. The first-order chi connectivity index (χ1) is 11.5. The fourth-order valence-electron chi connectivity index (χ4n) is 2.55. The molecule has 0 atom stereocenters. The Morgan fingerprint density at radius 2 is 2.12 bits per heavy atom. The van der Waals surface area contributed by atoms with Gasteiger partial charge in [-0.3, -0.25) is 4.98 Å². The molecule has 0 saturated carbocycles. The number of benzene rings is 1. The lowest BCUT2D eigenvalue weighted by atomic mass is 10.2. The van der Waals surface area contributed by atoms with E-state index in [0.717, 1.165) is 0 Å². The van der Waals surface area contributed by atoms with E-state index in [9.17, 15) is 14.3 Å². The molecular weight excluding hydrogens is 333 g/mol. The maximum atomic E-state index is 14.1. The highest BCUT2D eigenvalue weighted by Gasteiger charge is 2.22. The molecule has 1 N–H and O–H groups in total. The molecule has 122 valence electrons. The van der Waals surface area contributed by atoms with Crippen LogP contribution in [0.2, 0.25) is 5.02 Å². The Hall–Kier alpha value is -2.73. The number of carboxylic acids is 1. The van der Waals surface area contributed by atoms with Gasteiger partial charge < -0.3 is 9.67 Å². The van der Waals surface area contributed by atoms with E-state index < -0.39 is 11.8 Å². The third-order valence-electron chi connectivity index (χ3n) is 3.64. The van der Waals surface area contributed by atoms with Crippen LogP contribution in [0.25, 0.3) is 11.4 Å². The van der Waals surface area contributed by atoms with Crippen LogP contribution in [0.15, 0.2) is 42.7 Å². The van der Waals surface area contributed by atoms with Gasteiger partial charge in [-0.1, -0.05) is 17.7 Å². The molecule has 0 aliphatic carbocycles. The summed E-state index contributed by atoms with van der Waals surface area (Å²) in [7, 11) is 0. The maximum Gasteiger partial charge on any atom is 0.354 e. The molecule has 0 bridgehead atoms. The molecule has 5 nitrogen and oxygen atoms in total. The van der Waals surface area contributed by atoms with E-state index in [1.165, 1.54) is 16.7 Å². The highest BCUT2D eigenvalue weighted by molar-refractivity contribution is 6.31. The Bertz CT molecular complexity index is 889. The smallest absolute Gasteiger partial charge is 0.354 e. The van der Waals surface area contributed by atoms with Gasteiger partial charge in [0.15, 0.2) is 5.69 Å².